The average molecular weight is 815 g/mol. The maximum atomic E-state index is 14.3. The predicted octanol–water partition coefficient (Wildman–Crippen LogP) is 2.57. The number of rotatable bonds is 9. The highest BCUT2D eigenvalue weighted by Gasteiger charge is 2.64. The van der Waals surface area contributed by atoms with Crippen LogP contribution in [0.5, 0.6) is 5.75 Å². The van der Waals surface area contributed by atoms with Gasteiger partial charge in [-0.3, -0.25) is 29.0 Å². The van der Waals surface area contributed by atoms with Crippen LogP contribution in [0.1, 0.15) is 48.8 Å². The molecule has 3 amide bonds. The molecule has 7 N–H and O–H groups in total. The third kappa shape index (κ3) is 7.29. The van der Waals surface area contributed by atoms with E-state index in [0.717, 1.165) is 10.3 Å². The number of nitrogens with zero attached hydrogens (tertiary/aromatic N) is 4. The maximum absolute atomic E-state index is 14.3. The lowest BCUT2D eigenvalue weighted by molar-refractivity contribution is -0.153. The first kappa shape index (κ1) is 42.1. The molecule has 1 fully saturated rings. The van der Waals surface area contributed by atoms with Crippen LogP contribution in [0.2, 0.25) is 0 Å². The van der Waals surface area contributed by atoms with Gasteiger partial charge in [-0.2, -0.15) is 0 Å². The Kier molecular flexibility index (Phi) is 10.9. The Morgan fingerprint density at radius 3 is 2.31 bits per heavy atom. The number of primary amides is 1. The van der Waals surface area contributed by atoms with Crippen molar-refractivity contribution in [3.8, 4) is 5.75 Å². The molecule has 312 valence electrons. The summed E-state index contributed by atoms with van der Waals surface area (Å²) in [6.45, 7) is 3.50. The number of aliphatic hydroxyl groups excluding tert-OH is 2. The number of anilines is 2. The van der Waals surface area contributed by atoms with E-state index in [-0.39, 0.29) is 35.4 Å². The second kappa shape index (κ2) is 15.3. The van der Waals surface area contributed by atoms with Gasteiger partial charge in [0.2, 0.25) is 18.5 Å². The van der Waals surface area contributed by atoms with Crippen LogP contribution in [0, 0.1) is 11.8 Å². The van der Waals surface area contributed by atoms with Crippen molar-refractivity contribution in [3.05, 3.63) is 76.2 Å². The number of phenols is 1. The number of carbonyl (C=O) groups is 6. The molecule has 18 heteroatoms. The number of hydrogen-bond acceptors (Lipinski definition) is 15. The minimum absolute atomic E-state index is 0.00507. The lowest BCUT2D eigenvalue weighted by Crippen LogP contribution is -2.65. The van der Waals surface area contributed by atoms with Gasteiger partial charge >= 0.3 is 12.1 Å². The van der Waals surface area contributed by atoms with Crippen molar-refractivity contribution in [2.45, 2.75) is 50.8 Å². The number of esters is 1. The number of para-hydroxylation sites is 1. The third-order valence-corrected chi connectivity index (χ3v) is 11.0. The van der Waals surface area contributed by atoms with Crippen LogP contribution < -0.4 is 16.0 Å². The molecule has 0 spiro atoms. The van der Waals surface area contributed by atoms with Crippen molar-refractivity contribution in [2.24, 2.45) is 17.6 Å². The number of likely N-dealkylation sites (N-methyl/N-ethyl adjacent to an activating group) is 1. The Morgan fingerprint density at radius 1 is 1.00 bits per heavy atom. The monoisotopic (exact) mass is 814 g/mol. The van der Waals surface area contributed by atoms with Crippen molar-refractivity contribution >= 4 is 63.5 Å². The Morgan fingerprint density at radius 2 is 1.68 bits per heavy atom. The molecule has 3 aliphatic rings. The Hall–Kier alpha value is -6.53. The van der Waals surface area contributed by atoms with E-state index in [9.17, 15) is 49.2 Å². The number of ketones is 2. The number of hydrogen-bond donors (Lipinski definition) is 6. The van der Waals surface area contributed by atoms with Crippen LogP contribution in [0.25, 0.3) is 16.7 Å². The number of benzene rings is 2. The molecule has 2 aromatic carbocycles. The van der Waals surface area contributed by atoms with E-state index >= 15 is 0 Å². The molecule has 4 atom stereocenters. The fraction of sp³-hybridized carbons (Fsp3) is 0.390. The number of ether oxygens (including phenoxy) is 2. The number of phenolic OH excluding ortho intramolecular Hbond substituents is 1. The smallest absolute Gasteiger partial charge is 0.413 e. The zero-order valence-electron chi connectivity index (χ0n) is 33.5. The summed E-state index contributed by atoms with van der Waals surface area (Å²) in [5.41, 5.74) is 1.20. The first-order chi connectivity index (χ1) is 27.6. The van der Waals surface area contributed by atoms with E-state index in [1.807, 2.05) is 12.1 Å². The van der Waals surface area contributed by atoms with Crippen molar-refractivity contribution in [1.29, 1.82) is 0 Å². The first-order valence-electron chi connectivity index (χ1n) is 18.6. The second-order valence-corrected chi connectivity index (χ2v) is 16.2. The van der Waals surface area contributed by atoms with Gasteiger partial charge in [0, 0.05) is 42.2 Å². The number of nitrogens with one attached hydrogen (secondary N) is 1. The van der Waals surface area contributed by atoms with E-state index in [4.69, 9.17) is 15.2 Å². The van der Waals surface area contributed by atoms with Gasteiger partial charge in [-0.25, -0.2) is 14.6 Å². The number of aromatic nitrogens is 1. The molecule has 6 rings (SSSR count). The van der Waals surface area contributed by atoms with Gasteiger partial charge < -0.3 is 45.9 Å². The van der Waals surface area contributed by atoms with Crippen LogP contribution in [-0.2, 0) is 35.1 Å². The summed E-state index contributed by atoms with van der Waals surface area (Å²) >= 11 is 0. The van der Waals surface area contributed by atoms with Crippen LogP contribution in [0.4, 0.5) is 16.2 Å². The molecule has 59 heavy (non-hydrogen) atoms. The molecule has 1 saturated carbocycles. The van der Waals surface area contributed by atoms with E-state index in [2.05, 4.69) is 10.3 Å². The van der Waals surface area contributed by atoms with E-state index in [0.29, 0.717) is 16.8 Å². The molecule has 1 heterocycles. The van der Waals surface area contributed by atoms with Gasteiger partial charge in [0.1, 0.15) is 35.1 Å². The number of aromatic hydroxyl groups is 1. The standard InChI is InChI=1S/C41H46N6O12/c1-40(2,3)47(39(56)59-18-58-38(55)24-13-12-19-10-8-9-11-23(19)43-24)17-27(48)44-25-16-26(45(4)5)21-14-20-15-22-31(46(6)7)34(51)30(37(42)54)36(53)41(22,57)35(52)28(20)33(50)29(21)32(25)49/h8-13,16,20,22,31,49-50,53,57H,14-15,17-18H2,1-7H3,(H2,42,54)(H,44,48)/t20-,22-,31-,41-/m0/s1. The average Bonchev–Trinajstić information content (AvgIpc) is 3.15. The van der Waals surface area contributed by atoms with Crippen LogP contribution in [0.3, 0.4) is 0 Å². The van der Waals surface area contributed by atoms with Crippen molar-refractivity contribution in [1.82, 2.24) is 14.8 Å². The SMILES string of the molecule is CN(C)c1cc(NC(=O)CN(C(=O)OCOC(=O)c2ccc3ccccc3n2)C(C)(C)C)c(O)c2c1C[C@H]1C[C@H]3[C@H](N(C)C)C(=O)C(C(N)=O)=C(O)[C@@]3(O)C(=O)C1=C2O. The van der Waals surface area contributed by atoms with E-state index in [1.54, 1.807) is 58.0 Å². The van der Waals surface area contributed by atoms with E-state index < -0.39 is 101 Å². The molecule has 3 aliphatic carbocycles. The second-order valence-electron chi connectivity index (χ2n) is 16.2. The fourth-order valence-corrected chi connectivity index (χ4v) is 8.16. The highest BCUT2D eigenvalue weighted by molar-refractivity contribution is 6.24. The Bertz CT molecular complexity index is 2380. The van der Waals surface area contributed by atoms with Crippen LogP contribution in [0.15, 0.2) is 59.4 Å². The van der Waals surface area contributed by atoms with E-state index in [1.165, 1.54) is 31.1 Å². The fourth-order valence-electron chi connectivity index (χ4n) is 8.16. The van der Waals surface area contributed by atoms with Gasteiger partial charge in [0.25, 0.3) is 5.91 Å². The van der Waals surface area contributed by atoms with Crippen molar-refractivity contribution < 1.29 is 58.7 Å². The molecule has 0 bridgehead atoms. The number of carbonyl (C=O) groups excluding carboxylic acids is 6. The zero-order chi connectivity index (χ0) is 43.5. The quantitative estimate of drug-likeness (QED) is 0.0785. The normalized spacial score (nSPS) is 21.4. The summed E-state index contributed by atoms with van der Waals surface area (Å²) in [5, 5.41) is 49.9. The Balaban J connectivity index is 1.26. The predicted molar refractivity (Wildman–Crippen MR) is 212 cm³/mol. The molecule has 0 unspecified atom stereocenters. The summed E-state index contributed by atoms with van der Waals surface area (Å²) in [6, 6.07) is 10.5. The lowest BCUT2D eigenvalue weighted by Gasteiger charge is -2.50. The molecule has 18 nitrogen and oxygen atoms in total. The molecule has 0 aliphatic heterocycles. The molecule has 0 saturated heterocycles. The first-order valence-corrected chi connectivity index (χ1v) is 18.6. The van der Waals surface area contributed by atoms with Crippen LogP contribution in [-0.4, -0.2) is 129 Å². The van der Waals surface area contributed by atoms with Gasteiger partial charge in [-0.15, -0.1) is 0 Å². The highest BCUT2D eigenvalue weighted by atomic mass is 16.7. The topological polar surface area (TPSA) is 262 Å². The number of aliphatic hydroxyl groups is 3. The van der Waals surface area contributed by atoms with Crippen molar-refractivity contribution in [2.75, 3.05) is 51.7 Å². The summed E-state index contributed by atoms with van der Waals surface area (Å²) in [4.78, 5) is 87.9. The summed E-state index contributed by atoms with van der Waals surface area (Å²) in [6.07, 6.45) is -1.08. The molecule has 0 radical (unpaired) electrons. The number of Topliss-reactive ketones (excluding diaryl/α,β-unsaturated/α-hetero) is 2. The molecular formula is C41H46N6O12. The maximum Gasteiger partial charge on any atom is 0.413 e. The van der Waals surface area contributed by atoms with Gasteiger partial charge in [0.05, 0.1) is 22.8 Å². The minimum atomic E-state index is -2.83. The highest BCUT2D eigenvalue weighted by Crippen LogP contribution is 2.54. The molecule has 1 aromatic heterocycles. The summed E-state index contributed by atoms with van der Waals surface area (Å²) < 4.78 is 10.3. The van der Waals surface area contributed by atoms with Gasteiger partial charge in [-0.1, -0.05) is 24.3 Å². The van der Waals surface area contributed by atoms with Crippen molar-refractivity contribution in [3.63, 3.8) is 0 Å². The number of fused-ring (bicyclic) bond motifs is 4. The number of nitrogens with two attached hydrogens (primary N) is 1. The van der Waals surface area contributed by atoms with Crippen LogP contribution >= 0.6 is 0 Å². The molecular weight excluding hydrogens is 768 g/mol. The minimum Gasteiger partial charge on any atom is -0.508 e. The number of amides is 3. The van der Waals surface area contributed by atoms with Gasteiger partial charge in [-0.05, 0) is 77.4 Å². The van der Waals surface area contributed by atoms with Gasteiger partial charge in [0.15, 0.2) is 11.4 Å². The summed E-state index contributed by atoms with van der Waals surface area (Å²) in [7, 11) is 6.38. The third-order valence-electron chi connectivity index (χ3n) is 11.0. The largest absolute Gasteiger partial charge is 0.508 e. The number of pyridine rings is 1. The zero-order valence-corrected chi connectivity index (χ0v) is 33.5. The summed E-state index contributed by atoms with van der Waals surface area (Å²) in [5.74, 6) is -9.71. The molecule has 3 aromatic rings. The Labute approximate surface area is 338 Å². The lowest BCUT2D eigenvalue weighted by atomic mass is 9.57.